The van der Waals surface area contributed by atoms with Gasteiger partial charge in [0.1, 0.15) is 5.82 Å². The van der Waals surface area contributed by atoms with Gasteiger partial charge in [-0.2, -0.15) is 0 Å². The fourth-order valence-corrected chi connectivity index (χ4v) is 2.97. The molecular weight excluding hydrogens is 246 g/mol. The van der Waals surface area contributed by atoms with Gasteiger partial charge in [0.15, 0.2) is 0 Å². The van der Waals surface area contributed by atoms with E-state index in [2.05, 4.69) is 23.7 Å². The number of nitrogens with zero attached hydrogens (tertiary/aromatic N) is 2. The molecule has 0 aliphatic carbocycles. The third-order valence-corrected chi connectivity index (χ3v) is 4.14. The Kier molecular flexibility index (Phi) is 4.33. The van der Waals surface area contributed by atoms with Gasteiger partial charge in [-0.1, -0.05) is 25.4 Å². The van der Waals surface area contributed by atoms with E-state index < -0.39 is 0 Å². The Morgan fingerprint density at radius 3 is 2.83 bits per heavy atom. The molecule has 0 radical (unpaired) electrons. The first-order chi connectivity index (χ1) is 8.58. The van der Waals surface area contributed by atoms with E-state index >= 15 is 0 Å². The number of pyridine rings is 1. The SMILES string of the molecule is CC(C)C1CCCN(c2ncc(N)cc2Cl)CC1. The van der Waals surface area contributed by atoms with Crippen LogP contribution < -0.4 is 10.6 Å². The van der Waals surface area contributed by atoms with Crippen LogP contribution in [0.25, 0.3) is 0 Å². The van der Waals surface area contributed by atoms with Gasteiger partial charge in [-0.25, -0.2) is 4.98 Å². The fourth-order valence-electron chi connectivity index (χ4n) is 2.68. The third kappa shape index (κ3) is 3.08. The molecule has 2 heterocycles. The van der Waals surface area contributed by atoms with E-state index in [0.29, 0.717) is 10.7 Å². The standard InChI is InChI=1S/C14H22ClN3/c1-10(2)11-4-3-6-18(7-5-11)14-13(15)8-12(16)9-17-14/h8-11H,3-7,16H2,1-2H3. The second-order valence-corrected chi connectivity index (χ2v) is 5.90. The quantitative estimate of drug-likeness (QED) is 0.891. The van der Waals surface area contributed by atoms with Crippen molar-refractivity contribution in [3.05, 3.63) is 17.3 Å². The van der Waals surface area contributed by atoms with Gasteiger partial charge in [-0.05, 0) is 37.2 Å². The molecule has 1 aromatic heterocycles. The number of aromatic nitrogens is 1. The molecule has 0 bridgehead atoms. The Bertz CT molecular complexity index is 406. The molecule has 0 saturated carbocycles. The number of halogens is 1. The maximum Gasteiger partial charge on any atom is 0.147 e. The lowest BCUT2D eigenvalue weighted by Crippen LogP contribution is -2.25. The van der Waals surface area contributed by atoms with Gasteiger partial charge in [-0.3, -0.25) is 0 Å². The predicted octanol–water partition coefficient (Wildman–Crippen LogP) is 3.58. The highest BCUT2D eigenvalue weighted by Gasteiger charge is 2.21. The van der Waals surface area contributed by atoms with Crippen LogP contribution in [0.1, 0.15) is 33.1 Å². The highest BCUT2D eigenvalue weighted by molar-refractivity contribution is 6.33. The highest BCUT2D eigenvalue weighted by Crippen LogP contribution is 2.30. The number of nitrogens with two attached hydrogens (primary N) is 1. The molecule has 0 amide bonds. The van der Waals surface area contributed by atoms with Crippen LogP contribution in [0.15, 0.2) is 12.3 Å². The molecule has 1 aliphatic heterocycles. The highest BCUT2D eigenvalue weighted by atomic mass is 35.5. The maximum atomic E-state index is 6.23. The molecule has 1 atom stereocenters. The molecule has 100 valence electrons. The second-order valence-electron chi connectivity index (χ2n) is 5.50. The van der Waals surface area contributed by atoms with Crippen molar-refractivity contribution in [3.63, 3.8) is 0 Å². The summed E-state index contributed by atoms with van der Waals surface area (Å²) in [6.45, 7) is 6.71. The average Bonchev–Trinajstić information content (AvgIpc) is 2.54. The number of rotatable bonds is 2. The zero-order valence-electron chi connectivity index (χ0n) is 11.2. The van der Waals surface area contributed by atoms with E-state index in [9.17, 15) is 0 Å². The van der Waals surface area contributed by atoms with Crippen molar-refractivity contribution < 1.29 is 0 Å². The number of anilines is 2. The van der Waals surface area contributed by atoms with Crippen molar-refractivity contribution in [2.75, 3.05) is 23.7 Å². The van der Waals surface area contributed by atoms with E-state index in [-0.39, 0.29) is 0 Å². The van der Waals surface area contributed by atoms with Crippen molar-refractivity contribution in [1.82, 2.24) is 4.98 Å². The van der Waals surface area contributed by atoms with Crippen LogP contribution in [0, 0.1) is 11.8 Å². The normalized spacial score (nSPS) is 21.1. The number of hydrogen-bond acceptors (Lipinski definition) is 3. The molecule has 4 heteroatoms. The molecule has 1 fully saturated rings. The van der Waals surface area contributed by atoms with Gasteiger partial charge < -0.3 is 10.6 Å². The first-order valence-corrected chi connectivity index (χ1v) is 7.11. The molecule has 0 spiro atoms. The zero-order chi connectivity index (χ0) is 13.1. The molecule has 18 heavy (non-hydrogen) atoms. The summed E-state index contributed by atoms with van der Waals surface area (Å²) in [5.41, 5.74) is 6.31. The Morgan fingerprint density at radius 2 is 2.17 bits per heavy atom. The van der Waals surface area contributed by atoms with Crippen LogP contribution in [0.4, 0.5) is 11.5 Å². The van der Waals surface area contributed by atoms with E-state index in [1.54, 1.807) is 12.3 Å². The van der Waals surface area contributed by atoms with Crippen molar-refractivity contribution in [1.29, 1.82) is 0 Å². The van der Waals surface area contributed by atoms with E-state index in [4.69, 9.17) is 17.3 Å². The summed E-state index contributed by atoms with van der Waals surface area (Å²) in [6, 6.07) is 1.79. The van der Waals surface area contributed by atoms with Crippen molar-refractivity contribution in [2.45, 2.75) is 33.1 Å². The number of nitrogen functional groups attached to an aromatic ring is 1. The van der Waals surface area contributed by atoms with Crippen molar-refractivity contribution >= 4 is 23.1 Å². The predicted molar refractivity (Wildman–Crippen MR) is 78.1 cm³/mol. The second kappa shape index (κ2) is 5.79. The molecule has 0 aromatic carbocycles. The molecule has 3 nitrogen and oxygen atoms in total. The largest absolute Gasteiger partial charge is 0.397 e. The first kappa shape index (κ1) is 13.5. The third-order valence-electron chi connectivity index (χ3n) is 3.86. The fraction of sp³-hybridized carbons (Fsp3) is 0.643. The maximum absolute atomic E-state index is 6.23. The molecule has 2 N–H and O–H groups in total. The summed E-state index contributed by atoms with van der Waals surface area (Å²) in [6.07, 6.45) is 5.43. The van der Waals surface area contributed by atoms with Gasteiger partial charge in [0.2, 0.25) is 0 Å². The van der Waals surface area contributed by atoms with Crippen LogP contribution in [-0.2, 0) is 0 Å². The minimum atomic E-state index is 0.624. The molecule has 1 aromatic rings. The van der Waals surface area contributed by atoms with Crippen LogP contribution in [-0.4, -0.2) is 18.1 Å². The molecule has 1 aliphatic rings. The van der Waals surface area contributed by atoms with Crippen LogP contribution in [0.2, 0.25) is 5.02 Å². The smallest absolute Gasteiger partial charge is 0.147 e. The van der Waals surface area contributed by atoms with E-state index in [0.717, 1.165) is 30.7 Å². The minimum Gasteiger partial charge on any atom is -0.397 e. The Morgan fingerprint density at radius 1 is 1.39 bits per heavy atom. The summed E-state index contributed by atoms with van der Waals surface area (Å²) < 4.78 is 0. The molecule has 1 saturated heterocycles. The Balaban J connectivity index is 2.10. The Labute approximate surface area is 114 Å². The van der Waals surface area contributed by atoms with Crippen LogP contribution >= 0.6 is 11.6 Å². The summed E-state index contributed by atoms with van der Waals surface area (Å²) in [4.78, 5) is 6.68. The minimum absolute atomic E-state index is 0.624. The lowest BCUT2D eigenvalue weighted by Gasteiger charge is -2.23. The number of hydrogen-bond donors (Lipinski definition) is 1. The van der Waals surface area contributed by atoms with Crippen molar-refractivity contribution in [2.24, 2.45) is 11.8 Å². The van der Waals surface area contributed by atoms with E-state index in [1.807, 2.05) is 0 Å². The summed E-state index contributed by atoms with van der Waals surface area (Å²) >= 11 is 6.23. The average molecular weight is 268 g/mol. The van der Waals surface area contributed by atoms with Crippen LogP contribution in [0.5, 0.6) is 0 Å². The Hall–Kier alpha value is -0.960. The van der Waals surface area contributed by atoms with E-state index in [1.165, 1.54) is 19.3 Å². The monoisotopic (exact) mass is 267 g/mol. The van der Waals surface area contributed by atoms with Gasteiger partial charge >= 0.3 is 0 Å². The summed E-state index contributed by atoms with van der Waals surface area (Å²) in [7, 11) is 0. The van der Waals surface area contributed by atoms with Gasteiger partial charge in [0, 0.05) is 13.1 Å². The van der Waals surface area contributed by atoms with Gasteiger partial charge in [0.05, 0.1) is 16.9 Å². The van der Waals surface area contributed by atoms with Gasteiger partial charge in [-0.15, -0.1) is 0 Å². The topological polar surface area (TPSA) is 42.2 Å². The first-order valence-electron chi connectivity index (χ1n) is 6.74. The molecular formula is C14H22ClN3. The van der Waals surface area contributed by atoms with Gasteiger partial charge in [0.25, 0.3) is 0 Å². The lowest BCUT2D eigenvalue weighted by atomic mass is 9.89. The van der Waals surface area contributed by atoms with Crippen LogP contribution in [0.3, 0.4) is 0 Å². The molecule has 2 rings (SSSR count). The lowest BCUT2D eigenvalue weighted by molar-refractivity contribution is 0.351. The molecule has 1 unspecified atom stereocenters. The summed E-state index contributed by atoms with van der Waals surface area (Å²) in [5.74, 6) is 2.47. The summed E-state index contributed by atoms with van der Waals surface area (Å²) in [5, 5.41) is 0.665. The van der Waals surface area contributed by atoms with Crippen molar-refractivity contribution in [3.8, 4) is 0 Å². The zero-order valence-corrected chi connectivity index (χ0v) is 12.0.